The molecule has 214 valence electrons. The summed E-state index contributed by atoms with van der Waals surface area (Å²) >= 11 is 0. The van der Waals surface area contributed by atoms with Crippen molar-refractivity contribution in [1.29, 1.82) is 0 Å². The van der Waals surface area contributed by atoms with E-state index in [1.54, 1.807) is 17.0 Å². The van der Waals surface area contributed by atoms with Crippen LogP contribution in [0.25, 0.3) is 0 Å². The molecular formula is C28H27F4NO6S. The lowest BCUT2D eigenvalue weighted by molar-refractivity contribution is -0.146. The number of β-lactam (4-membered cyclic amide) rings is 1. The Morgan fingerprint density at radius 1 is 1.00 bits per heavy atom. The zero-order valence-corrected chi connectivity index (χ0v) is 22.6. The highest BCUT2D eigenvalue weighted by atomic mass is 32.2. The fourth-order valence-electron chi connectivity index (χ4n) is 3.90. The maximum Gasteiger partial charge on any atom is 0.534 e. The van der Waals surface area contributed by atoms with Crippen molar-refractivity contribution in [3.8, 4) is 5.75 Å². The second-order valence-electron chi connectivity index (χ2n) is 8.93. The number of ether oxygens (including phenoxy) is 1. The van der Waals surface area contributed by atoms with Gasteiger partial charge < -0.3 is 13.8 Å². The van der Waals surface area contributed by atoms with Gasteiger partial charge in [-0.3, -0.25) is 9.59 Å². The third kappa shape index (κ3) is 7.59. The average molecular weight is 582 g/mol. The summed E-state index contributed by atoms with van der Waals surface area (Å²) in [7, 11) is -5.71. The molecule has 1 fully saturated rings. The number of aryl methyl sites for hydroxylation is 1. The molecule has 2 atom stereocenters. The number of halogens is 4. The number of hydrogen-bond acceptors (Lipinski definition) is 6. The van der Waals surface area contributed by atoms with Crippen LogP contribution in [0.5, 0.6) is 5.75 Å². The molecule has 1 aliphatic rings. The number of hydrogen-bond donors (Lipinski definition) is 0. The van der Waals surface area contributed by atoms with Crippen molar-refractivity contribution in [2.24, 2.45) is 0 Å². The Balaban J connectivity index is 0.000000267. The summed E-state index contributed by atoms with van der Waals surface area (Å²) in [6.07, 6.45) is 0.674. The van der Waals surface area contributed by atoms with Gasteiger partial charge in [0.2, 0.25) is 5.91 Å². The Morgan fingerprint density at radius 2 is 1.57 bits per heavy atom. The van der Waals surface area contributed by atoms with Crippen LogP contribution in [0.1, 0.15) is 55.5 Å². The molecule has 1 aliphatic heterocycles. The number of amides is 1. The molecule has 0 N–H and O–H groups in total. The van der Waals surface area contributed by atoms with Gasteiger partial charge in [-0.05, 0) is 60.9 Å². The maximum absolute atomic E-state index is 12.6. The Bertz CT molecular complexity index is 1420. The monoisotopic (exact) mass is 581 g/mol. The van der Waals surface area contributed by atoms with Gasteiger partial charge in [0.25, 0.3) is 0 Å². The smallest absolute Gasteiger partial charge is 0.458 e. The lowest BCUT2D eigenvalue weighted by Crippen LogP contribution is -2.46. The van der Waals surface area contributed by atoms with Crippen molar-refractivity contribution in [3.63, 3.8) is 0 Å². The molecule has 40 heavy (non-hydrogen) atoms. The van der Waals surface area contributed by atoms with Crippen LogP contribution in [0.15, 0.2) is 72.8 Å². The van der Waals surface area contributed by atoms with Crippen LogP contribution in [0.3, 0.4) is 0 Å². The molecule has 3 aromatic rings. The van der Waals surface area contributed by atoms with Crippen LogP contribution in [0.4, 0.5) is 23.2 Å². The summed E-state index contributed by atoms with van der Waals surface area (Å²) in [6.45, 7) is 5.20. The number of nitrogens with zero attached hydrogens (tertiary/aromatic N) is 1. The van der Waals surface area contributed by atoms with Gasteiger partial charge in [-0.25, -0.2) is 4.39 Å². The summed E-state index contributed by atoms with van der Waals surface area (Å²) in [5, 5.41) is 0. The van der Waals surface area contributed by atoms with E-state index in [0.29, 0.717) is 12.0 Å². The van der Waals surface area contributed by atoms with Gasteiger partial charge in [-0.1, -0.05) is 48.9 Å². The number of benzene rings is 3. The van der Waals surface area contributed by atoms with Crippen LogP contribution in [0.2, 0.25) is 0 Å². The number of alkyl halides is 3. The lowest BCUT2D eigenvalue weighted by Gasteiger charge is -2.40. The zero-order valence-electron chi connectivity index (χ0n) is 21.8. The Labute approximate surface area is 229 Å². The first kappa shape index (κ1) is 30.6. The van der Waals surface area contributed by atoms with Crippen molar-refractivity contribution in [2.45, 2.75) is 51.3 Å². The van der Waals surface area contributed by atoms with Gasteiger partial charge >= 0.3 is 21.6 Å². The minimum Gasteiger partial charge on any atom is -0.458 e. The van der Waals surface area contributed by atoms with Crippen molar-refractivity contribution in [2.75, 3.05) is 4.90 Å². The highest BCUT2D eigenvalue weighted by molar-refractivity contribution is 7.88. The average Bonchev–Trinajstić information content (AvgIpc) is 2.88. The van der Waals surface area contributed by atoms with E-state index in [-0.39, 0.29) is 36.3 Å². The van der Waals surface area contributed by atoms with E-state index in [1.807, 2.05) is 38.1 Å². The van der Waals surface area contributed by atoms with E-state index < -0.39 is 21.4 Å². The molecular weight excluding hydrogens is 554 g/mol. The van der Waals surface area contributed by atoms with Gasteiger partial charge in [0, 0.05) is 12.6 Å². The molecule has 0 aromatic heterocycles. The Morgan fingerprint density at radius 3 is 2.05 bits per heavy atom. The summed E-state index contributed by atoms with van der Waals surface area (Å²) in [4.78, 5) is 24.3. The van der Waals surface area contributed by atoms with Crippen LogP contribution in [0, 0.1) is 12.7 Å². The molecule has 7 nitrogen and oxygen atoms in total. The molecule has 0 bridgehead atoms. The number of rotatable bonds is 7. The van der Waals surface area contributed by atoms with Crippen LogP contribution in [-0.4, -0.2) is 25.8 Å². The zero-order chi connectivity index (χ0) is 29.7. The lowest BCUT2D eigenvalue weighted by atomic mass is 9.93. The van der Waals surface area contributed by atoms with E-state index in [2.05, 4.69) is 4.18 Å². The van der Waals surface area contributed by atoms with E-state index in [0.717, 1.165) is 28.9 Å². The summed E-state index contributed by atoms with van der Waals surface area (Å²) in [5.74, 6) is -1.12. The molecule has 1 heterocycles. The van der Waals surface area contributed by atoms with Crippen molar-refractivity contribution >= 4 is 27.7 Å². The van der Waals surface area contributed by atoms with Gasteiger partial charge in [0.15, 0.2) is 0 Å². The Kier molecular flexibility index (Phi) is 9.56. The van der Waals surface area contributed by atoms with Crippen molar-refractivity contribution in [3.05, 3.63) is 95.3 Å². The molecule has 3 aromatic carbocycles. The molecule has 0 aliphatic carbocycles. The summed E-state index contributed by atoms with van der Waals surface area (Å²) < 4.78 is 80.8. The number of anilines is 1. The second-order valence-corrected chi connectivity index (χ2v) is 10.5. The Hall–Kier alpha value is -3.93. The minimum atomic E-state index is -5.71. The largest absolute Gasteiger partial charge is 0.534 e. The second kappa shape index (κ2) is 12.5. The fourth-order valence-corrected chi connectivity index (χ4v) is 4.36. The summed E-state index contributed by atoms with van der Waals surface area (Å²) in [5.41, 5.74) is -2.23. The number of esters is 1. The van der Waals surface area contributed by atoms with Crippen molar-refractivity contribution in [1.82, 2.24) is 0 Å². The first-order chi connectivity index (χ1) is 18.7. The normalized spacial score (nSPS) is 15.8. The van der Waals surface area contributed by atoms with Gasteiger partial charge in [0.05, 0.1) is 12.5 Å². The molecule has 0 radical (unpaired) electrons. The van der Waals surface area contributed by atoms with Crippen LogP contribution in [-0.2, 0) is 24.4 Å². The first-order valence-corrected chi connectivity index (χ1v) is 13.5. The molecule has 4 rings (SSSR count). The number of carbonyl (C=O) groups is 2. The molecule has 2 unspecified atom stereocenters. The van der Waals surface area contributed by atoms with Gasteiger partial charge in [-0.15, -0.1) is 0 Å². The molecule has 12 heteroatoms. The number of carbonyl (C=O) groups excluding carboxylic acids is 2. The molecule has 0 spiro atoms. The quantitative estimate of drug-likeness (QED) is 0.103. The third-order valence-corrected chi connectivity index (χ3v) is 6.91. The predicted molar refractivity (Wildman–Crippen MR) is 139 cm³/mol. The first-order valence-electron chi connectivity index (χ1n) is 12.1. The molecule has 0 saturated carbocycles. The highest BCUT2D eigenvalue weighted by Crippen LogP contribution is 2.39. The third-order valence-electron chi connectivity index (χ3n) is 5.94. The molecule has 1 saturated heterocycles. The highest BCUT2D eigenvalue weighted by Gasteiger charge is 2.48. The van der Waals surface area contributed by atoms with E-state index in [1.165, 1.54) is 31.2 Å². The standard InChI is InChI=1S/C17H14F3NO4S.C11H13FO2/c1-11-2-6-13(7-3-11)21-15(10-16(21)22)12-4-8-14(9-5-12)25-26(23,24)17(18,19)20;1-3-11(14-8(2)13)9-4-6-10(12)7-5-9/h2-9,15H,10H2,1H3;4-7,11H,3H2,1-2H3. The van der Waals surface area contributed by atoms with E-state index in [4.69, 9.17) is 4.74 Å². The fraction of sp³-hybridized carbons (Fsp3) is 0.286. The van der Waals surface area contributed by atoms with E-state index in [9.17, 15) is 35.6 Å². The van der Waals surface area contributed by atoms with Crippen molar-refractivity contribution < 1.29 is 44.5 Å². The van der Waals surface area contributed by atoms with Crippen LogP contribution < -0.4 is 9.08 Å². The van der Waals surface area contributed by atoms with Gasteiger partial charge in [-0.2, -0.15) is 21.6 Å². The van der Waals surface area contributed by atoms with E-state index >= 15 is 0 Å². The van der Waals surface area contributed by atoms with Crippen LogP contribution >= 0.6 is 0 Å². The maximum atomic E-state index is 12.6. The topological polar surface area (TPSA) is 90.0 Å². The summed E-state index contributed by atoms with van der Waals surface area (Å²) in [6, 6.07) is 18.2. The minimum absolute atomic E-state index is 0.0705. The SMILES string of the molecule is CCC(OC(C)=O)c1ccc(F)cc1.Cc1ccc(N2C(=O)CC2c2ccc(OS(=O)(=O)C(F)(F)F)cc2)cc1. The van der Waals surface area contributed by atoms with Gasteiger partial charge in [0.1, 0.15) is 17.7 Å². The predicted octanol–water partition coefficient (Wildman–Crippen LogP) is 6.54. The molecule has 1 amide bonds.